The lowest BCUT2D eigenvalue weighted by molar-refractivity contribution is 0.101. The maximum atomic E-state index is 13.7. The van der Waals surface area contributed by atoms with Crippen LogP contribution in [0.4, 0.5) is 8.78 Å². The van der Waals surface area contributed by atoms with Crippen molar-refractivity contribution in [3.05, 3.63) is 80.8 Å². The van der Waals surface area contributed by atoms with E-state index in [2.05, 4.69) is 9.97 Å². The van der Waals surface area contributed by atoms with Crippen molar-refractivity contribution in [3.63, 3.8) is 0 Å². The molecular formula is C19H14ClF2N3O3. The topological polar surface area (TPSA) is 74.1 Å². The first-order valence-corrected chi connectivity index (χ1v) is 8.47. The maximum Gasteiger partial charge on any atom is 0.277 e. The summed E-state index contributed by atoms with van der Waals surface area (Å²) in [6.45, 7) is 2.77. The summed E-state index contributed by atoms with van der Waals surface area (Å²) in [4.78, 5) is 31.8. The predicted octanol–water partition coefficient (Wildman–Crippen LogP) is 3.65. The summed E-state index contributed by atoms with van der Waals surface area (Å²) in [6.07, 6.45) is 3.77. The Bertz CT molecular complexity index is 1130. The van der Waals surface area contributed by atoms with E-state index < -0.39 is 17.2 Å². The molecule has 0 atom stereocenters. The number of Topliss-reactive ketones (excluding diaryl/α,β-unsaturated/α-hetero) is 1. The van der Waals surface area contributed by atoms with Crippen LogP contribution in [0.15, 0.2) is 41.6 Å². The molecule has 0 bridgehead atoms. The SMILES string of the molecule is CC(=O)c1cc(-n2ccc(OCc3ncc(F)cc3F)c(Cl)c2=O)c(C)cn1. The van der Waals surface area contributed by atoms with Gasteiger partial charge in [0.25, 0.3) is 5.56 Å². The van der Waals surface area contributed by atoms with Gasteiger partial charge in [-0.15, -0.1) is 0 Å². The van der Waals surface area contributed by atoms with E-state index in [4.69, 9.17) is 16.3 Å². The first kappa shape index (κ1) is 19.6. The second-order valence-electron chi connectivity index (χ2n) is 5.95. The Morgan fingerprint density at radius 2 is 2.00 bits per heavy atom. The molecule has 9 heteroatoms. The highest BCUT2D eigenvalue weighted by atomic mass is 35.5. The van der Waals surface area contributed by atoms with Crippen molar-refractivity contribution >= 4 is 17.4 Å². The van der Waals surface area contributed by atoms with Gasteiger partial charge < -0.3 is 4.74 Å². The van der Waals surface area contributed by atoms with Crippen molar-refractivity contribution in [1.29, 1.82) is 0 Å². The van der Waals surface area contributed by atoms with E-state index in [9.17, 15) is 18.4 Å². The number of carbonyl (C=O) groups is 1. The molecule has 144 valence electrons. The van der Waals surface area contributed by atoms with Crippen molar-refractivity contribution in [2.45, 2.75) is 20.5 Å². The molecule has 6 nitrogen and oxygen atoms in total. The standard InChI is InChI=1S/C19H14ClF2N3O3/c1-10-7-23-14(11(2)26)6-16(10)25-4-3-17(18(20)19(25)27)28-9-15-13(22)5-12(21)8-24-15/h3-8H,9H2,1-2H3. The largest absolute Gasteiger partial charge is 0.485 e. The summed E-state index contributed by atoms with van der Waals surface area (Å²) in [5, 5.41) is -0.231. The van der Waals surface area contributed by atoms with Gasteiger partial charge in [0.15, 0.2) is 11.6 Å². The van der Waals surface area contributed by atoms with Gasteiger partial charge in [-0.1, -0.05) is 11.6 Å². The maximum absolute atomic E-state index is 13.7. The number of rotatable bonds is 5. The summed E-state index contributed by atoms with van der Waals surface area (Å²) in [5.74, 6) is -1.89. The number of aromatic nitrogens is 3. The fourth-order valence-corrected chi connectivity index (χ4v) is 2.66. The first-order chi connectivity index (χ1) is 13.3. The van der Waals surface area contributed by atoms with E-state index >= 15 is 0 Å². The number of ether oxygens (including phenoxy) is 1. The van der Waals surface area contributed by atoms with Crippen LogP contribution in [0.5, 0.6) is 5.75 Å². The molecule has 0 saturated carbocycles. The van der Waals surface area contributed by atoms with E-state index in [0.717, 1.165) is 6.20 Å². The van der Waals surface area contributed by atoms with E-state index in [0.29, 0.717) is 17.3 Å². The molecule has 3 rings (SSSR count). The first-order valence-electron chi connectivity index (χ1n) is 8.09. The van der Waals surface area contributed by atoms with Crippen LogP contribution < -0.4 is 10.3 Å². The average Bonchev–Trinajstić information content (AvgIpc) is 2.65. The number of ketones is 1. The number of nitrogens with zero attached hydrogens (tertiary/aromatic N) is 3. The Kier molecular flexibility index (Phi) is 5.51. The van der Waals surface area contributed by atoms with E-state index in [1.54, 1.807) is 6.92 Å². The molecule has 0 aliphatic rings. The third kappa shape index (κ3) is 3.91. The average molecular weight is 406 g/mol. The van der Waals surface area contributed by atoms with Crippen LogP contribution in [-0.4, -0.2) is 20.3 Å². The predicted molar refractivity (Wildman–Crippen MR) is 98.1 cm³/mol. The zero-order chi connectivity index (χ0) is 20.4. The molecule has 28 heavy (non-hydrogen) atoms. The normalized spacial score (nSPS) is 10.8. The number of pyridine rings is 3. The monoisotopic (exact) mass is 405 g/mol. The third-order valence-corrected chi connectivity index (χ3v) is 4.29. The smallest absolute Gasteiger partial charge is 0.277 e. The zero-order valence-electron chi connectivity index (χ0n) is 14.9. The van der Waals surface area contributed by atoms with Crippen LogP contribution in [0.2, 0.25) is 5.02 Å². The second-order valence-corrected chi connectivity index (χ2v) is 6.33. The molecule has 0 aliphatic heterocycles. The molecule has 0 aromatic carbocycles. The van der Waals surface area contributed by atoms with Gasteiger partial charge in [-0.2, -0.15) is 0 Å². The van der Waals surface area contributed by atoms with Crippen LogP contribution in [0.25, 0.3) is 5.69 Å². The summed E-state index contributed by atoms with van der Waals surface area (Å²) >= 11 is 6.12. The fourth-order valence-electron chi connectivity index (χ4n) is 2.46. The fraction of sp³-hybridized carbons (Fsp3) is 0.158. The van der Waals surface area contributed by atoms with Gasteiger partial charge in [0.2, 0.25) is 0 Å². The van der Waals surface area contributed by atoms with Crippen LogP contribution >= 0.6 is 11.6 Å². The number of aryl methyl sites for hydroxylation is 1. The van der Waals surface area contributed by atoms with Crippen molar-refractivity contribution in [2.24, 2.45) is 0 Å². The van der Waals surface area contributed by atoms with Crippen molar-refractivity contribution < 1.29 is 18.3 Å². The summed E-state index contributed by atoms with van der Waals surface area (Å²) in [5.41, 5.74) is 0.606. The molecule has 0 fully saturated rings. The van der Waals surface area contributed by atoms with Gasteiger partial charge in [-0.3, -0.25) is 24.1 Å². The molecule has 0 saturated heterocycles. The molecule has 0 spiro atoms. The molecule has 3 aromatic heterocycles. The second kappa shape index (κ2) is 7.85. The molecular weight excluding hydrogens is 392 g/mol. The minimum atomic E-state index is -0.867. The third-order valence-electron chi connectivity index (χ3n) is 3.94. The molecule has 0 radical (unpaired) electrons. The van der Waals surface area contributed by atoms with Crippen molar-refractivity contribution in [1.82, 2.24) is 14.5 Å². The van der Waals surface area contributed by atoms with E-state index in [-0.39, 0.29) is 34.6 Å². The Labute approximate surface area is 163 Å². The zero-order valence-corrected chi connectivity index (χ0v) is 15.6. The summed E-state index contributed by atoms with van der Waals surface area (Å²) < 4.78 is 33.2. The highest BCUT2D eigenvalue weighted by Gasteiger charge is 2.15. The Hall–Kier alpha value is -3.13. The molecule has 0 aliphatic carbocycles. The molecule has 3 aromatic rings. The van der Waals surface area contributed by atoms with E-state index in [1.807, 2.05) is 0 Å². The number of hydrogen-bond acceptors (Lipinski definition) is 5. The Morgan fingerprint density at radius 1 is 1.25 bits per heavy atom. The van der Waals surface area contributed by atoms with Gasteiger partial charge in [-0.25, -0.2) is 8.78 Å². The van der Waals surface area contributed by atoms with E-state index in [1.165, 1.54) is 36.0 Å². The molecule has 0 unspecified atom stereocenters. The number of carbonyl (C=O) groups excluding carboxylic acids is 1. The van der Waals surface area contributed by atoms with Gasteiger partial charge in [0, 0.05) is 25.4 Å². The highest BCUT2D eigenvalue weighted by molar-refractivity contribution is 6.31. The minimum Gasteiger partial charge on any atom is -0.485 e. The lowest BCUT2D eigenvalue weighted by atomic mass is 10.2. The lowest BCUT2D eigenvalue weighted by Gasteiger charge is -2.13. The molecule has 0 amide bonds. The van der Waals surface area contributed by atoms with Gasteiger partial charge >= 0.3 is 0 Å². The summed E-state index contributed by atoms with van der Waals surface area (Å²) in [7, 11) is 0. The highest BCUT2D eigenvalue weighted by Crippen LogP contribution is 2.23. The van der Waals surface area contributed by atoms with Crippen molar-refractivity contribution in [2.75, 3.05) is 0 Å². The minimum absolute atomic E-state index is 0.0203. The van der Waals surface area contributed by atoms with Gasteiger partial charge in [0.05, 0.1) is 11.9 Å². The van der Waals surface area contributed by atoms with Crippen LogP contribution in [0, 0.1) is 18.6 Å². The van der Waals surface area contributed by atoms with Gasteiger partial charge in [-0.05, 0) is 24.6 Å². The molecule has 3 heterocycles. The van der Waals surface area contributed by atoms with Crippen LogP contribution in [-0.2, 0) is 6.61 Å². The Morgan fingerprint density at radius 3 is 2.68 bits per heavy atom. The molecule has 0 N–H and O–H groups in total. The van der Waals surface area contributed by atoms with Crippen LogP contribution in [0.1, 0.15) is 28.7 Å². The lowest BCUT2D eigenvalue weighted by Crippen LogP contribution is -2.20. The van der Waals surface area contributed by atoms with Crippen LogP contribution in [0.3, 0.4) is 0 Å². The quantitative estimate of drug-likeness (QED) is 0.606. The number of hydrogen-bond donors (Lipinski definition) is 0. The number of halogens is 3. The summed E-state index contributed by atoms with van der Waals surface area (Å²) in [6, 6.07) is 3.61. The Balaban J connectivity index is 1.93. The van der Waals surface area contributed by atoms with Crippen molar-refractivity contribution in [3.8, 4) is 11.4 Å². The van der Waals surface area contributed by atoms with Gasteiger partial charge in [0.1, 0.15) is 34.6 Å².